The summed E-state index contributed by atoms with van der Waals surface area (Å²) in [7, 11) is 0. The molecule has 0 saturated heterocycles. The van der Waals surface area contributed by atoms with Gasteiger partial charge in [0.15, 0.2) is 0 Å². The minimum absolute atomic E-state index is 0.0980. The van der Waals surface area contributed by atoms with Gasteiger partial charge in [0.05, 0.1) is 11.1 Å². The Balaban J connectivity index is 1.60. The fourth-order valence-electron chi connectivity index (χ4n) is 2.41. The number of rotatable bonds is 5. The lowest BCUT2D eigenvalue weighted by Crippen LogP contribution is -2.25. The Morgan fingerprint density at radius 1 is 0.955 bits per heavy atom. The van der Waals surface area contributed by atoms with E-state index in [1.165, 1.54) is 5.56 Å². The number of amides is 1. The molecular weight excluding hydrogens is 274 g/mol. The maximum atomic E-state index is 12.3. The summed E-state index contributed by atoms with van der Waals surface area (Å²) < 4.78 is 0. The molecule has 0 saturated carbocycles. The third-order valence-corrected chi connectivity index (χ3v) is 3.51. The Hall–Kier alpha value is -2.75. The van der Waals surface area contributed by atoms with Gasteiger partial charge in [-0.1, -0.05) is 36.4 Å². The third kappa shape index (κ3) is 3.28. The fraction of sp³-hybridized carbons (Fsp3) is 0.167. The second-order valence-electron chi connectivity index (χ2n) is 5.07. The highest BCUT2D eigenvalue weighted by atomic mass is 16.1. The van der Waals surface area contributed by atoms with Crippen LogP contribution in [0.4, 0.5) is 0 Å². The Bertz CT molecular complexity index is 766. The van der Waals surface area contributed by atoms with Crippen molar-refractivity contribution < 1.29 is 4.79 Å². The highest BCUT2D eigenvalue weighted by Gasteiger charge is 2.10. The van der Waals surface area contributed by atoms with Gasteiger partial charge < -0.3 is 5.32 Å². The van der Waals surface area contributed by atoms with Gasteiger partial charge in [-0.3, -0.25) is 14.8 Å². The van der Waals surface area contributed by atoms with Crippen molar-refractivity contribution in [2.45, 2.75) is 12.8 Å². The largest absolute Gasteiger partial charge is 0.352 e. The normalized spacial score (nSPS) is 10.5. The van der Waals surface area contributed by atoms with Crippen LogP contribution >= 0.6 is 0 Å². The van der Waals surface area contributed by atoms with Crippen molar-refractivity contribution in [1.29, 1.82) is 0 Å². The molecule has 0 fully saturated rings. The summed E-state index contributed by atoms with van der Waals surface area (Å²) in [6.07, 6.45) is 5.10. The van der Waals surface area contributed by atoms with Crippen LogP contribution in [-0.2, 0) is 6.42 Å². The van der Waals surface area contributed by atoms with E-state index < -0.39 is 0 Å². The molecule has 4 heteroatoms. The van der Waals surface area contributed by atoms with Gasteiger partial charge in [-0.05, 0) is 30.5 Å². The van der Waals surface area contributed by atoms with Crippen LogP contribution in [0.15, 0.2) is 60.9 Å². The van der Waals surface area contributed by atoms with E-state index in [0.29, 0.717) is 17.6 Å². The molecule has 1 aromatic heterocycles. The van der Waals surface area contributed by atoms with Crippen molar-refractivity contribution in [3.63, 3.8) is 0 Å². The van der Waals surface area contributed by atoms with Crippen LogP contribution in [0.25, 0.3) is 11.0 Å². The Kier molecular flexibility index (Phi) is 4.39. The predicted octanol–water partition coefficient (Wildman–Crippen LogP) is 2.99. The SMILES string of the molecule is O=C(NCCCc1ccccc1)c1cccc2nccnc12. The number of carbonyl (C=O) groups excluding carboxylic acids is 1. The average Bonchev–Trinajstić information content (AvgIpc) is 2.59. The van der Waals surface area contributed by atoms with E-state index in [4.69, 9.17) is 0 Å². The molecular formula is C18H17N3O. The fourth-order valence-corrected chi connectivity index (χ4v) is 2.41. The lowest BCUT2D eigenvalue weighted by Gasteiger charge is -2.07. The van der Waals surface area contributed by atoms with E-state index in [1.807, 2.05) is 30.3 Å². The van der Waals surface area contributed by atoms with Crippen molar-refractivity contribution in [2.75, 3.05) is 6.54 Å². The molecule has 2 aromatic carbocycles. The average molecular weight is 291 g/mol. The Labute approximate surface area is 129 Å². The number of carbonyl (C=O) groups is 1. The topological polar surface area (TPSA) is 54.9 Å². The first-order chi connectivity index (χ1) is 10.8. The van der Waals surface area contributed by atoms with Gasteiger partial charge in [-0.15, -0.1) is 0 Å². The van der Waals surface area contributed by atoms with E-state index in [9.17, 15) is 4.79 Å². The number of benzene rings is 2. The van der Waals surface area contributed by atoms with E-state index in [1.54, 1.807) is 18.5 Å². The molecule has 110 valence electrons. The molecule has 22 heavy (non-hydrogen) atoms. The zero-order valence-corrected chi connectivity index (χ0v) is 12.2. The molecule has 0 bridgehead atoms. The van der Waals surface area contributed by atoms with Crippen molar-refractivity contribution in [1.82, 2.24) is 15.3 Å². The van der Waals surface area contributed by atoms with Gasteiger partial charge in [-0.2, -0.15) is 0 Å². The first-order valence-corrected chi connectivity index (χ1v) is 7.36. The van der Waals surface area contributed by atoms with Gasteiger partial charge >= 0.3 is 0 Å². The first kappa shape index (κ1) is 14.2. The van der Waals surface area contributed by atoms with Crippen LogP contribution < -0.4 is 5.32 Å². The number of nitrogens with one attached hydrogen (secondary N) is 1. The van der Waals surface area contributed by atoms with Crippen LogP contribution in [0.2, 0.25) is 0 Å². The highest BCUT2D eigenvalue weighted by molar-refractivity contribution is 6.04. The molecule has 1 amide bonds. The monoisotopic (exact) mass is 291 g/mol. The van der Waals surface area contributed by atoms with Crippen LogP contribution in [0, 0.1) is 0 Å². The molecule has 0 spiro atoms. The van der Waals surface area contributed by atoms with Gasteiger partial charge in [-0.25, -0.2) is 0 Å². The standard InChI is InChI=1S/C18H17N3O/c22-18(21-11-5-8-14-6-2-1-3-7-14)15-9-4-10-16-17(15)20-13-12-19-16/h1-4,6-7,9-10,12-13H,5,8,11H2,(H,21,22). The molecule has 0 aliphatic rings. The third-order valence-electron chi connectivity index (χ3n) is 3.51. The summed E-state index contributed by atoms with van der Waals surface area (Å²) in [5, 5.41) is 2.95. The maximum absolute atomic E-state index is 12.3. The number of aryl methyl sites for hydroxylation is 1. The van der Waals surface area contributed by atoms with Crippen molar-refractivity contribution in [2.24, 2.45) is 0 Å². The lowest BCUT2D eigenvalue weighted by molar-refractivity contribution is 0.0954. The lowest BCUT2D eigenvalue weighted by atomic mass is 10.1. The second kappa shape index (κ2) is 6.80. The predicted molar refractivity (Wildman–Crippen MR) is 86.6 cm³/mol. The molecule has 1 N–H and O–H groups in total. The zero-order chi connectivity index (χ0) is 15.2. The summed E-state index contributed by atoms with van der Waals surface area (Å²) in [4.78, 5) is 20.8. The molecule has 0 atom stereocenters. The van der Waals surface area contributed by atoms with E-state index in [2.05, 4.69) is 27.4 Å². The highest BCUT2D eigenvalue weighted by Crippen LogP contribution is 2.13. The van der Waals surface area contributed by atoms with E-state index in [0.717, 1.165) is 18.4 Å². The minimum atomic E-state index is -0.0980. The van der Waals surface area contributed by atoms with Crippen LogP contribution in [0.1, 0.15) is 22.3 Å². The Morgan fingerprint density at radius 2 is 1.77 bits per heavy atom. The number of nitrogens with zero attached hydrogens (tertiary/aromatic N) is 2. The number of aromatic nitrogens is 2. The summed E-state index contributed by atoms with van der Waals surface area (Å²) in [6, 6.07) is 15.7. The molecule has 4 nitrogen and oxygen atoms in total. The van der Waals surface area contributed by atoms with Crippen molar-refractivity contribution >= 4 is 16.9 Å². The van der Waals surface area contributed by atoms with E-state index in [-0.39, 0.29) is 5.91 Å². The van der Waals surface area contributed by atoms with Gasteiger partial charge in [0.25, 0.3) is 5.91 Å². The molecule has 3 aromatic rings. The molecule has 1 heterocycles. The van der Waals surface area contributed by atoms with Gasteiger partial charge in [0.1, 0.15) is 5.52 Å². The molecule has 0 aliphatic carbocycles. The smallest absolute Gasteiger partial charge is 0.253 e. The molecule has 0 radical (unpaired) electrons. The second-order valence-corrected chi connectivity index (χ2v) is 5.07. The molecule has 0 unspecified atom stereocenters. The molecule has 3 rings (SSSR count). The molecule has 0 aliphatic heterocycles. The maximum Gasteiger partial charge on any atom is 0.253 e. The van der Waals surface area contributed by atoms with Gasteiger partial charge in [0.2, 0.25) is 0 Å². The summed E-state index contributed by atoms with van der Waals surface area (Å²) in [6.45, 7) is 0.643. The number of fused-ring (bicyclic) bond motifs is 1. The van der Waals surface area contributed by atoms with E-state index >= 15 is 0 Å². The van der Waals surface area contributed by atoms with Crippen LogP contribution in [-0.4, -0.2) is 22.4 Å². The first-order valence-electron chi connectivity index (χ1n) is 7.36. The van der Waals surface area contributed by atoms with Crippen molar-refractivity contribution in [3.8, 4) is 0 Å². The van der Waals surface area contributed by atoms with Gasteiger partial charge in [0, 0.05) is 18.9 Å². The zero-order valence-electron chi connectivity index (χ0n) is 12.2. The summed E-state index contributed by atoms with van der Waals surface area (Å²) in [5.41, 5.74) is 3.24. The van der Waals surface area contributed by atoms with Crippen molar-refractivity contribution in [3.05, 3.63) is 72.1 Å². The summed E-state index contributed by atoms with van der Waals surface area (Å²) in [5.74, 6) is -0.0980. The number of hydrogen-bond acceptors (Lipinski definition) is 3. The minimum Gasteiger partial charge on any atom is -0.352 e. The number of hydrogen-bond donors (Lipinski definition) is 1. The van der Waals surface area contributed by atoms with Crippen LogP contribution in [0.5, 0.6) is 0 Å². The summed E-state index contributed by atoms with van der Waals surface area (Å²) >= 11 is 0. The van der Waals surface area contributed by atoms with Crippen LogP contribution in [0.3, 0.4) is 0 Å². The number of para-hydroxylation sites is 1. The quantitative estimate of drug-likeness (QED) is 0.735. The Morgan fingerprint density at radius 3 is 2.64 bits per heavy atom.